The maximum atomic E-state index is 12.2. The molecule has 0 N–H and O–H groups in total. The minimum Gasteiger partial charge on any atom is -0.382 e. The van der Waals surface area contributed by atoms with Crippen molar-refractivity contribution in [1.29, 1.82) is 0 Å². The van der Waals surface area contributed by atoms with Crippen molar-refractivity contribution in [2.75, 3.05) is 53.9 Å². The molecule has 0 aliphatic heterocycles. The van der Waals surface area contributed by atoms with Crippen molar-refractivity contribution in [1.82, 2.24) is 0 Å². The Morgan fingerprint density at radius 1 is 0.875 bits per heavy atom. The monoisotopic (exact) mass is 362 g/mol. The fourth-order valence-corrected chi connectivity index (χ4v) is 3.03. The lowest BCUT2D eigenvalue weighted by Gasteiger charge is -2.18. The predicted octanol–water partition coefficient (Wildman–Crippen LogP) is 1.23. The Bertz CT molecular complexity index is 506. The minimum atomic E-state index is -3.74. The molecule has 138 valence electrons. The van der Waals surface area contributed by atoms with Crippen LogP contribution < -0.4 is 0 Å². The minimum absolute atomic E-state index is 0.102. The normalized spacial score (nSPS) is 12.0. The largest absolute Gasteiger partial charge is 0.382 e. The van der Waals surface area contributed by atoms with E-state index in [0.717, 1.165) is 0 Å². The van der Waals surface area contributed by atoms with Crippen molar-refractivity contribution < 1.29 is 31.5 Å². The van der Waals surface area contributed by atoms with Crippen molar-refractivity contribution in [3.05, 3.63) is 35.9 Å². The molecule has 0 aromatic heterocycles. The van der Waals surface area contributed by atoms with Crippen LogP contribution in [0, 0.1) is 0 Å². The number of methoxy groups -OCH3 is 2. The highest BCUT2D eigenvalue weighted by Crippen LogP contribution is 2.10. The van der Waals surface area contributed by atoms with E-state index in [9.17, 15) is 8.42 Å². The Morgan fingerprint density at radius 2 is 1.42 bits per heavy atom. The van der Waals surface area contributed by atoms with Gasteiger partial charge in [-0.15, -0.1) is 0 Å². The highest BCUT2D eigenvalue weighted by atomic mass is 32.2. The van der Waals surface area contributed by atoms with Gasteiger partial charge in [0.25, 0.3) is 10.1 Å². The van der Waals surface area contributed by atoms with E-state index < -0.39 is 16.2 Å². The van der Waals surface area contributed by atoms with Crippen LogP contribution in [-0.2, 0) is 39.0 Å². The van der Waals surface area contributed by atoms with E-state index >= 15 is 0 Å². The SMILES string of the molecule is COCCOCC(COCCOC)OS(=O)(=O)Cc1ccccc1. The molecule has 8 heteroatoms. The molecule has 0 aliphatic rings. The number of hydrogen-bond donors (Lipinski definition) is 0. The molecular formula is C16H26O7S. The number of rotatable bonds is 14. The summed E-state index contributed by atoms with van der Waals surface area (Å²) in [6.07, 6.45) is -0.715. The Kier molecular flexibility index (Phi) is 10.8. The molecule has 0 saturated carbocycles. The van der Waals surface area contributed by atoms with Gasteiger partial charge < -0.3 is 18.9 Å². The zero-order chi connectivity index (χ0) is 17.7. The molecule has 0 heterocycles. The van der Waals surface area contributed by atoms with Crippen molar-refractivity contribution in [3.8, 4) is 0 Å². The van der Waals surface area contributed by atoms with Crippen LogP contribution in [0.25, 0.3) is 0 Å². The van der Waals surface area contributed by atoms with Gasteiger partial charge >= 0.3 is 0 Å². The van der Waals surface area contributed by atoms with Crippen LogP contribution >= 0.6 is 0 Å². The van der Waals surface area contributed by atoms with E-state index in [0.29, 0.717) is 32.0 Å². The van der Waals surface area contributed by atoms with Crippen LogP contribution in [0.4, 0.5) is 0 Å². The maximum Gasteiger partial charge on any atom is 0.271 e. The second-order valence-electron chi connectivity index (χ2n) is 5.04. The molecule has 24 heavy (non-hydrogen) atoms. The first-order valence-corrected chi connectivity index (χ1v) is 9.23. The van der Waals surface area contributed by atoms with Crippen LogP contribution in [0.3, 0.4) is 0 Å². The molecule has 1 rings (SSSR count). The van der Waals surface area contributed by atoms with E-state index in [2.05, 4.69) is 0 Å². The number of hydrogen-bond acceptors (Lipinski definition) is 7. The van der Waals surface area contributed by atoms with Gasteiger partial charge in [-0.1, -0.05) is 30.3 Å². The molecule has 1 aromatic rings. The van der Waals surface area contributed by atoms with Crippen molar-refractivity contribution >= 4 is 10.1 Å². The predicted molar refractivity (Wildman–Crippen MR) is 89.3 cm³/mol. The molecular weight excluding hydrogens is 336 g/mol. The van der Waals surface area contributed by atoms with Crippen LogP contribution in [0.2, 0.25) is 0 Å². The lowest BCUT2D eigenvalue weighted by Crippen LogP contribution is -2.30. The van der Waals surface area contributed by atoms with Crippen LogP contribution in [-0.4, -0.2) is 68.4 Å². The fourth-order valence-electron chi connectivity index (χ4n) is 1.84. The van der Waals surface area contributed by atoms with E-state index in [4.69, 9.17) is 23.1 Å². The van der Waals surface area contributed by atoms with E-state index in [1.54, 1.807) is 38.5 Å². The standard InChI is InChI=1S/C16H26O7S/c1-19-8-10-21-12-16(13-22-11-9-20-2)23-24(17,18)14-15-6-4-3-5-7-15/h3-7,16H,8-14H2,1-2H3. The Labute approximate surface area is 143 Å². The third-order valence-electron chi connectivity index (χ3n) is 2.94. The molecule has 0 aliphatic carbocycles. The van der Waals surface area contributed by atoms with Crippen molar-refractivity contribution in [2.45, 2.75) is 11.9 Å². The van der Waals surface area contributed by atoms with Gasteiger partial charge in [0.2, 0.25) is 0 Å². The van der Waals surface area contributed by atoms with E-state index in [-0.39, 0.29) is 19.0 Å². The van der Waals surface area contributed by atoms with Gasteiger partial charge in [0.1, 0.15) is 11.9 Å². The zero-order valence-corrected chi connectivity index (χ0v) is 15.0. The summed E-state index contributed by atoms with van der Waals surface area (Å²) in [4.78, 5) is 0. The second-order valence-corrected chi connectivity index (χ2v) is 6.64. The average Bonchev–Trinajstić information content (AvgIpc) is 2.55. The summed E-state index contributed by atoms with van der Waals surface area (Å²) in [6, 6.07) is 8.86. The van der Waals surface area contributed by atoms with E-state index in [1.807, 2.05) is 6.07 Å². The smallest absolute Gasteiger partial charge is 0.271 e. The molecule has 0 radical (unpaired) electrons. The summed E-state index contributed by atoms with van der Waals surface area (Å²) in [5.41, 5.74) is 0.664. The molecule has 0 amide bonds. The maximum absolute atomic E-state index is 12.2. The van der Waals surface area contributed by atoms with Gasteiger partial charge in [-0.05, 0) is 5.56 Å². The van der Waals surface area contributed by atoms with Gasteiger partial charge in [-0.3, -0.25) is 4.18 Å². The first-order chi connectivity index (χ1) is 11.6. The summed E-state index contributed by atoms with van der Waals surface area (Å²) < 4.78 is 50.2. The molecule has 0 spiro atoms. The zero-order valence-electron chi connectivity index (χ0n) is 14.2. The average molecular weight is 362 g/mol. The van der Waals surface area contributed by atoms with Gasteiger partial charge in [0, 0.05) is 14.2 Å². The van der Waals surface area contributed by atoms with Gasteiger partial charge in [0.15, 0.2) is 0 Å². The Balaban J connectivity index is 2.53. The van der Waals surface area contributed by atoms with Crippen LogP contribution in [0.1, 0.15) is 5.56 Å². The number of benzene rings is 1. The van der Waals surface area contributed by atoms with Gasteiger partial charge in [-0.2, -0.15) is 8.42 Å². The second kappa shape index (κ2) is 12.3. The molecule has 0 atom stereocenters. The lowest BCUT2D eigenvalue weighted by molar-refractivity contribution is -0.0233. The van der Waals surface area contributed by atoms with Crippen LogP contribution in [0.5, 0.6) is 0 Å². The number of ether oxygens (including phenoxy) is 4. The Morgan fingerprint density at radius 3 is 1.92 bits per heavy atom. The van der Waals surface area contributed by atoms with Gasteiger partial charge in [-0.25, -0.2) is 0 Å². The summed E-state index contributed by atoms with van der Waals surface area (Å²) in [7, 11) is -0.612. The molecule has 7 nitrogen and oxygen atoms in total. The molecule has 0 bridgehead atoms. The highest BCUT2D eigenvalue weighted by Gasteiger charge is 2.21. The third-order valence-corrected chi connectivity index (χ3v) is 4.19. The fraction of sp³-hybridized carbons (Fsp3) is 0.625. The molecule has 0 unspecified atom stereocenters. The lowest BCUT2D eigenvalue weighted by atomic mass is 10.2. The summed E-state index contributed by atoms with van der Waals surface area (Å²) in [5.74, 6) is -0.194. The molecule has 1 aromatic carbocycles. The summed E-state index contributed by atoms with van der Waals surface area (Å²) >= 11 is 0. The third kappa shape index (κ3) is 9.96. The van der Waals surface area contributed by atoms with Crippen molar-refractivity contribution in [3.63, 3.8) is 0 Å². The molecule has 0 saturated heterocycles. The van der Waals surface area contributed by atoms with Crippen LogP contribution in [0.15, 0.2) is 30.3 Å². The quantitative estimate of drug-likeness (QED) is 0.364. The summed E-state index contributed by atoms with van der Waals surface area (Å²) in [5, 5.41) is 0. The van der Waals surface area contributed by atoms with E-state index in [1.165, 1.54) is 0 Å². The Hall–Kier alpha value is -1.03. The summed E-state index contributed by atoms with van der Waals surface area (Å²) in [6.45, 7) is 1.76. The highest BCUT2D eigenvalue weighted by molar-refractivity contribution is 7.85. The first-order valence-electron chi connectivity index (χ1n) is 7.65. The molecule has 0 fully saturated rings. The topological polar surface area (TPSA) is 80.3 Å². The van der Waals surface area contributed by atoms with Crippen molar-refractivity contribution in [2.24, 2.45) is 0 Å². The van der Waals surface area contributed by atoms with Gasteiger partial charge in [0.05, 0.1) is 39.6 Å². The first kappa shape index (κ1) is 21.0.